The quantitative estimate of drug-likeness (QED) is 0.551. The third kappa shape index (κ3) is 6.24. The number of carboxylic acids is 1. The Morgan fingerprint density at radius 3 is 2.06 bits per heavy atom. The molecule has 1 unspecified atom stereocenters. The van der Waals surface area contributed by atoms with E-state index in [9.17, 15) is 27.6 Å². The maximum absolute atomic E-state index is 13.0. The highest BCUT2D eigenvalue weighted by atomic mass is 19.4. The zero-order chi connectivity index (χ0) is 24.2. The van der Waals surface area contributed by atoms with Gasteiger partial charge in [0.1, 0.15) is 12.6 Å². The lowest BCUT2D eigenvalue weighted by atomic mass is 9.98. The van der Waals surface area contributed by atoms with Crippen molar-refractivity contribution in [2.24, 2.45) is 0 Å². The summed E-state index contributed by atoms with van der Waals surface area (Å²) in [7, 11) is 0. The molecule has 0 heterocycles. The van der Waals surface area contributed by atoms with Gasteiger partial charge in [0.25, 0.3) is 0 Å². The molecule has 0 bridgehead atoms. The molecule has 3 N–H and O–H groups in total. The second-order valence-corrected chi connectivity index (χ2v) is 7.85. The standard InChI is InChI=1S/C23H23F3N2O5/c1-13(10-20(29)30)27-21(31)19(11-23(24,25)26)28-22(32)33-12-18-16-8-4-2-6-14(16)15-7-3-5-9-17(15)18/h2-9,13,18-19H,10-12H2,1H3,(H,27,31)(H,28,32)(H,29,30)/t13-,19?/m0/s1. The Hall–Kier alpha value is -3.56. The van der Waals surface area contributed by atoms with E-state index in [0.717, 1.165) is 22.3 Å². The summed E-state index contributed by atoms with van der Waals surface area (Å²) in [5.41, 5.74) is 3.84. The molecule has 0 saturated heterocycles. The topological polar surface area (TPSA) is 105 Å². The van der Waals surface area contributed by atoms with Gasteiger partial charge in [-0.1, -0.05) is 48.5 Å². The smallest absolute Gasteiger partial charge is 0.407 e. The van der Waals surface area contributed by atoms with Crippen molar-refractivity contribution >= 4 is 18.0 Å². The highest BCUT2D eigenvalue weighted by Crippen LogP contribution is 2.44. The Balaban J connectivity index is 1.67. The van der Waals surface area contributed by atoms with Crippen LogP contribution in [-0.4, -0.2) is 47.9 Å². The summed E-state index contributed by atoms with van der Waals surface area (Å²) in [4.78, 5) is 35.3. The van der Waals surface area contributed by atoms with Crippen LogP contribution in [0.25, 0.3) is 11.1 Å². The highest BCUT2D eigenvalue weighted by molar-refractivity contribution is 5.86. The van der Waals surface area contributed by atoms with Crippen molar-refractivity contribution in [2.75, 3.05) is 6.61 Å². The third-order valence-corrected chi connectivity index (χ3v) is 5.26. The zero-order valence-electron chi connectivity index (χ0n) is 17.7. The van der Waals surface area contributed by atoms with E-state index in [4.69, 9.17) is 9.84 Å². The van der Waals surface area contributed by atoms with Gasteiger partial charge in [-0.2, -0.15) is 13.2 Å². The maximum Gasteiger partial charge on any atom is 0.407 e. The van der Waals surface area contributed by atoms with Gasteiger partial charge >= 0.3 is 18.2 Å². The van der Waals surface area contributed by atoms with E-state index in [2.05, 4.69) is 5.32 Å². The molecule has 10 heteroatoms. The molecule has 33 heavy (non-hydrogen) atoms. The molecule has 2 aromatic rings. The van der Waals surface area contributed by atoms with Crippen molar-refractivity contribution in [3.63, 3.8) is 0 Å². The third-order valence-electron chi connectivity index (χ3n) is 5.26. The lowest BCUT2D eigenvalue weighted by molar-refractivity contribution is -0.149. The second-order valence-electron chi connectivity index (χ2n) is 7.85. The second kappa shape index (κ2) is 9.93. The van der Waals surface area contributed by atoms with E-state index in [1.807, 2.05) is 53.8 Å². The Kier molecular flexibility index (Phi) is 7.25. The van der Waals surface area contributed by atoms with Gasteiger partial charge in [0, 0.05) is 12.0 Å². The van der Waals surface area contributed by atoms with Gasteiger partial charge in [-0.3, -0.25) is 9.59 Å². The Morgan fingerprint density at radius 2 is 1.55 bits per heavy atom. The van der Waals surface area contributed by atoms with Gasteiger partial charge < -0.3 is 20.5 Å². The average Bonchev–Trinajstić information content (AvgIpc) is 3.04. The summed E-state index contributed by atoms with van der Waals surface area (Å²) in [5, 5.41) is 12.9. The average molecular weight is 464 g/mol. The summed E-state index contributed by atoms with van der Waals surface area (Å²) in [6, 6.07) is 12.3. The molecule has 0 aromatic heterocycles. The molecule has 0 saturated carbocycles. The number of hydrogen-bond donors (Lipinski definition) is 3. The first-order valence-corrected chi connectivity index (χ1v) is 10.3. The van der Waals surface area contributed by atoms with Crippen LogP contribution < -0.4 is 10.6 Å². The predicted octanol–water partition coefficient (Wildman–Crippen LogP) is 3.83. The number of halogens is 3. The van der Waals surface area contributed by atoms with Crippen LogP contribution in [0.1, 0.15) is 36.8 Å². The van der Waals surface area contributed by atoms with Crippen LogP contribution in [0.3, 0.4) is 0 Å². The van der Waals surface area contributed by atoms with Crippen LogP contribution in [0.4, 0.5) is 18.0 Å². The number of hydrogen-bond acceptors (Lipinski definition) is 4. The van der Waals surface area contributed by atoms with Gasteiger partial charge in [-0.05, 0) is 29.2 Å². The van der Waals surface area contributed by atoms with Crippen molar-refractivity contribution in [3.8, 4) is 11.1 Å². The van der Waals surface area contributed by atoms with Gasteiger partial charge in [0.15, 0.2) is 0 Å². The van der Waals surface area contributed by atoms with E-state index >= 15 is 0 Å². The fraction of sp³-hybridized carbons (Fsp3) is 0.348. The Morgan fingerprint density at radius 1 is 1.00 bits per heavy atom. The van der Waals surface area contributed by atoms with E-state index in [1.165, 1.54) is 6.92 Å². The number of aliphatic carboxylic acids is 1. The number of rotatable bonds is 8. The summed E-state index contributed by atoms with van der Waals surface area (Å²) >= 11 is 0. The van der Waals surface area contributed by atoms with Crippen LogP contribution in [0.2, 0.25) is 0 Å². The molecule has 2 atom stereocenters. The summed E-state index contributed by atoms with van der Waals surface area (Å²) in [5.74, 6) is -2.66. The molecule has 1 aliphatic rings. The molecular formula is C23H23F3N2O5. The number of alkyl carbamates (subject to hydrolysis) is 1. The number of nitrogens with one attached hydrogen (secondary N) is 2. The SMILES string of the molecule is C[C@@H](CC(=O)O)NC(=O)C(CC(F)(F)F)NC(=O)OCC1c2ccccc2-c2ccccc21. The van der Waals surface area contributed by atoms with Crippen LogP contribution in [-0.2, 0) is 14.3 Å². The van der Waals surface area contributed by atoms with Gasteiger partial charge in [-0.15, -0.1) is 0 Å². The Labute approximate surface area is 187 Å². The van der Waals surface area contributed by atoms with E-state index < -0.39 is 49.1 Å². The van der Waals surface area contributed by atoms with Crippen molar-refractivity contribution < 1.29 is 37.4 Å². The minimum atomic E-state index is -4.74. The summed E-state index contributed by atoms with van der Waals surface area (Å²) in [6.07, 6.45) is -8.01. The first-order valence-electron chi connectivity index (χ1n) is 10.3. The lowest BCUT2D eigenvalue weighted by Gasteiger charge is -2.22. The number of amides is 2. The molecular weight excluding hydrogens is 441 g/mol. The van der Waals surface area contributed by atoms with Crippen molar-refractivity contribution in [2.45, 2.75) is 43.9 Å². The van der Waals surface area contributed by atoms with Crippen molar-refractivity contribution in [1.82, 2.24) is 10.6 Å². The number of carbonyl (C=O) groups is 3. The number of fused-ring (bicyclic) bond motifs is 3. The van der Waals surface area contributed by atoms with Crippen LogP contribution in [0, 0.1) is 0 Å². The summed E-state index contributed by atoms with van der Waals surface area (Å²) < 4.78 is 44.1. The fourth-order valence-electron chi connectivity index (χ4n) is 3.88. The molecule has 0 aliphatic heterocycles. The molecule has 0 radical (unpaired) electrons. The molecule has 176 valence electrons. The molecule has 2 amide bonds. The van der Waals surface area contributed by atoms with E-state index in [-0.39, 0.29) is 12.5 Å². The molecule has 1 aliphatic carbocycles. The molecule has 7 nitrogen and oxygen atoms in total. The number of benzene rings is 2. The lowest BCUT2D eigenvalue weighted by Crippen LogP contribution is -2.51. The van der Waals surface area contributed by atoms with Crippen molar-refractivity contribution in [3.05, 3.63) is 59.7 Å². The van der Waals surface area contributed by atoms with Crippen LogP contribution in [0.5, 0.6) is 0 Å². The van der Waals surface area contributed by atoms with E-state index in [1.54, 1.807) is 0 Å². The predicted molar refractivity (Wildman–Crippen MR) is 113 cm³/mol. The fourth-order valence-corrected chi connectivity index (χ4v) is 3.88. The molecule has 0 fully saturated rings. The first-order chi connectivity index (χ1) is 15.5. The molecule has 3 rings (SSSR count). The zero-order valence-corrected chi connectivity index (χ0v) is 17.7. The largest absolute Gasteiger partial charge is 0.481 e. The van der Waals surface area contributed by atoms with Gasteiger partial charge in [-0.25, -0.2) is 4.79 Å². The van der Waals surface area contributed by atoms with Crippen LogP contribution in [0.15, 0.2) is 48.5 Å². The minimum absolute atomic E-state index is 0.129. The van der Waals surface area contributed by atoms with Crippen LogP contribution >= 0.6 is 0 Å². The molecule has 2 aromatic carbocycles. The summed E-state index contributed by atoms with van der Waals surface area (Å²) in [6.45, 7) is 1.21. The monoisotopic (exact) mass is 464 g/mol. The minimum Gasteiger partial charge on any atom is -0.481 e. The Bertz CT molecular complexity index is 995. The number of alkyl halides is 3. The molecule has 0 spiro atoms. The number of carbonyl (C=O) groups excluding carboxylic acids is 2. The van der Waals surface area contributed by atoms with Gasteiger partial charge in [0.2, 0.25) is 5.91 Å². The van der Waals surface area contributed by atoms with E-state index in [0.29, 0.717) is 0 Å². The first kappa shape index (κ1) is 24.1. The van der Waals surface area contributed by atoms with Gasteiger partial charge in [0.05, 0.1) is 12.8 Å². The maximum atomic E-state index is 13.0. The highest BCUT2D eigenvalue weighted by Gasteiger charge is 2.37. The normalized spacial score (nSPS) is 14.5. The number of ether oxygens (including phenoxy) is 1. The van der Waals surface area contributed by atoms with Crippen molar-refractivity contribution in [1.29, 1.82) is 0 Å². The number of carboxylic acid groups (broad SMARTS) is 1.